The molecule has 1 saturated carbocycles. The minimum absolute atomic E-state index is 0.0733. The number of amides is 4. The zero-order chi connectivity index (χ0) is 37.0. The topological polar surface area (TPSA) is 180 Å². The van der Waals surface area contributed by atoms with Gasteiger partial charge in [-0.15, -0.1) is 0 Å². The summed E-state index contributed by atoms with van der Waals surface area (Å²) in [5, 5.41) is 15.7. The molecule has 0 aromatic heterocycles. The van der Waals surface area contributed by atoms with Crippen molar-refractivity contribution in [2.24, 2.45) is 5.73 Å². The summed E-state index contributed by atoms with van der Waals surface area (Å²) in [6.45, 7) is 1.70. The number of nitrogens with zero attached hydrogens (tertiary/aromatic N) is 1. The van der Waals surface area contributed by atoms with Gasteiger partial charge in [0.1, 0.15) is 5.75 Å². The molecule has 4 amide bonds. The second-order valence-corrected chi connectivity index (χ2v) is 12.1. The number of hydrogen-bond donors (Lipinski definition) is 5. The van der Waals surface area contributed by atoms with Crippen molar-refractivity contribution in [3.8, 4) is 5.75 Å². The third-order valence-corrected chi connectivity index (χ3v) is 7.99. The van der Waals surface area contributed by atoms with E-state index in [1.165, 1.54) is 0 Å². The molecule has 6 N–H and O–H groups in total. The quantitative estimate of drug-likeness (QED) is 0.139. The molecule has 3 aromatic rings. The van der Waals surface area contributed by atoms with Crippen LogP contribution in [0.4, 0.5) is 24.5 Å². The fraction of sp³-hybridized carbons (Fsp3) is 0.361. The normalized spacial score (nSPS) is 13.4. The van der Waals surface area contributed by atoms with E-state index in [0.717, 1.165) is 57.1 Å². The lowest BCUT2D eigenvalue weighted by Crippen LogP contribution is -2.33. The Morgan fingerprint density at radius 2 is 1.45 bits per heavy atom. The Kier molecular flexibility index (Phi) is 13.5. The summed E-state index contributed by atoms with van der Waals surface area (Å²) in [4.78, 5) is 61.0. The molecule has 1 aliphatic carbocycles. The van der Waals surface area contributed by atoms with Crippen molar-refractivity contribution < 1.29 is 47.0 Å². The number of halogens is 3. The lowest BCUT2D eigenvalue weighted by molar-refractivity contribution is -0.192. The summed E-state index contributed by atoms with van der Waals surface area (Å²) in [7, 11) is 0. The van der Waals surface area contributed by atoms with Crippen molar-refractivity contribution in [2.75, 3.05) is 30.3 Å². The van der Waals surface area contributed by atoms with Gasteiger partial charge in [0.25, 0.3) is 23.6 Å². The number of alkyl halides is 3. The maximum atomic E-state index is 13.4. The minimum Gasteiger partial charge on any atom is -0.482 e. The molecule has 2 aliphatic rings. The van der Waals surface area contributed by atoms with Crippen molar-refractivity contribution in [3.63, 3.8) is 0 Å². The number of carbonyl (C=O) groups is 5. The Morgan fingerprint density at radius 1 is 0.863 bits per heavy atom. The van der Waals surface area contributed by atoms with Crippen LogP contribution >= 0.6 is 0 Å². The average molecular weight is 712 g/mol. The van der Waals surface area contributed by atoms with Gasteiger partial charge < -0.3 is 36.4 Å². The second-order valence-electron chi connectivity index (χ2n) is 12.1. The predicted molar refractivity (Wildman–Crippen MR) is 182 cm³/mol. The van der Waals surface area contributed by atoms with E-state index in [9.17, 15) is 32.3 Å². The summed E-state index contributed by atoms with van der Waals surface area (Å²) in [6.07, 6.45) is 2.10. The van der Waals surface area contributed by atoms with Crippen molar-refractivity contribution >= 4 is 41.0 Å². The molecule has 1 aliphatic heterocycles. The second kappa shape index (κ2) is 18.0. The van der Waals surface area contributed by atoms with Crippen LogP contribution in [0.1, 0.15) is 81.6 Å². The number of carboxylic acids is 1. The number of unbranched alkanes of at least 4 members (excludes halogenated alkanes) is 4. The Bertz CT molecular complexity index is 1690. The van der Waals surface area contributed by atoms with E-state index < -0.39 is 12.1 Å². The molecule has 0 spiro atoms. The van der Waals surface area contributed by atoms with E-state index in [4.69, 9.17) is 20.4 Å². The summed E-state index contributed by atoms with van der Waals surface area (Å²) in [5.41, 5.74) is 9.10. The van der Waals surface area contributed by atoms with Crippen LogP contribution in [0.3, 0.4) is 0 Å². The van der Waals surface area contributed by atoms with E-state index in [0.29, 0.717) is 46.9 Å². The number of aliphatic carboxylic acids is 1. The maximum absolute atomic E-state index is 13.4. The van der Waals surface area contributed by atoms with Gasteiger partial charge in [0.2, 0.25) is 0 Å². The molecule has 3 aromatic carbocycles. The van der Waals surface area contributed by atoms with Gasteiger partial charge in [0, 0.05) is 41.5 Å². The van der Waals surface area contributed by atoms with E-state index in [1.54, 1.807) is 54.6 Å². The highest BCUT2D eigenvalue weighted by molar-refractivity contribution is 6.04. The zero-order valence-corrected chi connectivity index (χ0v) is 27.8. The molecule has 272 valence electrons. The van der Waals surface area contributed by atoms with E-state index >= 15 is 0 Å². The fourth-order valence-corrected chi connectivity index (χ4v) is 5.10. The van der Waals surface area contributed by atoms with Crippen molar-refractivity contribution in [2.45, 2.75) is 63.7 Å². The van der Waals surface area contributed by atoms with Crippen molar-refractivity contribution in [1.82, 2.24) is 10.2 Å². The number of nitrogens with one attached hydrogen (secondary N) is 3. The number of rotatable bonds is 14. The van der Waals surface area contributed by atoms with Gasteiger partial charge in [-0.3, -0.25) is 19.2 Å². The van der Waals surface area contributed by atoms with Crippen molar-refractivity contribution in [1.29, 1.82) is 0 Å². The molecule has 5 rings (SSSR count). The lowest BCUT2D eigenvalue weighted by Gasteiger charge is -2.24. The molecule has 51 heavy (non-hydrogen) atoms. The van der Waals surface area contributed by atoms with Gasteiger partial charge in [-0.25, -0.2) is 4.79 Å². The van der Waals surface area contributed by atoms with Crippen LogP contribution in [0.25, 0.3) is 0 Å². The standard InChI is InChI=1S/C34H39N5O5.C2HF3O2/c35-18-4-2-1-3-5-19-36-32(41)24-10-13-27(14-11-24)37-33(42)25-8-6-23(7-9-25)21-39(28-15-16-28)34(43)26-12-17-29-30(20-26)44-22-31(40)38-29;3-2(4,5)1(6)7/h6-14,17,20,28H,1-5,15-16,18-19,21-22,35H2,(H,36,41)(H,37,42)(H,38,40);(H,6,7). The highest BCUT2D eigenvalue weighted by atomic mass is 19.4. The van der Waals surface area contributed by atoms with Crippen LogP contribution in [0.15, 0.2) is 66.7 Å². The van der Waals surface area contributed by atoms with Gasteiger partial charge in [0.05, 0.1) is 5.69 Å². The Morgan fingerprint density at radius 3 is 2.08 bits per heavy atom. The highest BCUT2D eigenvalue weighted by Crippen LogP contribution is 2.33. The molecule has 12 nitrogen and oxygen atoms in total. The highest BCUT2D eigenvalue weighted by Gasteiger charge is 2.38. The Hall–Kier alpha value is -5.44. The van der Waals surface area contributed by atoms with Gasteiger partial charge in [-0.1, -0.05) is 31.4 Å². The molecular weight excluding hydrogens is 671 g/mol. The van der Waals surface area contributed by atoms with Crippen LogP contribution < -0.4 is 26.4 Å². The number of anilines is 2. The first kappa shape index (κ1) is 38.4. The summed E-state index contributed by atoms with van der Waals surface area (Å²) in [5.74, 6) is -2.99. The van der Waals surface area contributed by atoms with Crippen molar-refractivity contribution in [3.05, 3.63) is 89.0 Å². The largest absolute Gasteiger partial charge is 0.490 e. The first-order chi connectivity index (χ1) is 24.3. The monoisotopic (exact) mass is 711 g/mol. The Balaban J connectivity index is 0.000000755. The number of nitrogens with two attached hydrogens (primary N) is 1. The predicted octanol–water partition coefficient (Wildman–Crippen LogP) is 5.35. The van der Waals surface area contributed by atoms with Gasteiger partial charge in [-0.05, 0) is 92.4 Å². The van der Waals surface area contributed by atoms with Gasteiger partial charge in [0.15, 0.2) is 6.61 Å². The number of ether oxygens (including phenoxy) is 1. The van der Waals surface area contributed by atoms with Crippen LogP contribution in [-0.2, 0) is 16.1 Å². The summed E-state index contributed by atoms with van der Waals surface area (Å²) in [6, 6.07) is 19.3. The SMILES string of the molecule is NCCCCCCCNC(=O)c1ccc(NC(=O)c2ccc(CN(C(=O)c3ccc4c(c3)OCC(=O)N4)C3CC3)cc2)cc1.O=C(O)C(F)(F)F. The third-order valence-electron chi connectivity index (χ3n) is 7.99. The van der Waals surface area contributed by atoms with E-state index in [1.807, 2.05) is 17.0 Å². The van der Waals surface area contributed by atoms with E-state index in [2.05, 4.69) is 16.0 Å². The molecule has 0 bridgehead atoms. The number of hydrogen-bond acceptors (Lipinski definition) is 7. The van der Waals surface area contributed by atoms with Gasteiger partial charge in [-0.2, -0.15) is 13.2 Å². The van der Waals surface area contributed by atoms with Crippen LogP contribution in [0.5, 0.6) is 5.75 Å². The zero-order valence-electron chi connectivity index (χ0n) is 27.8. The molecule has 0 atom stereocenters. The number of carboxylic acid groups (broad SMARTS) is 1. The third kappa shape index (κ3) is 11.8. The Labute approximate surface area is 292 Å². The van der Waals surface area contributed by atoms with Gasteiger partial charge >= 0.3 is 12.1 Å². The van der Waals surface area contributed by atoms with Crippen LogP contribution in [-0.4, -0.2) is 71.5 Å². The first-order valence-electron chi connectivity index (χ1n) is 16.5. The molecule has 15 heteroatoms. The fourth-order valence-electron chi connectivity index (χ4n) is 5.10. The molecule has 0 unspecified atom stereocenters. The van der Waals surface area contributed by atoms with Crippen LogP contribution in [0.2, 0.25) is 0 Å². The molecular formula is C36H40F3N5O7. The lowest BCUT2D eigenvalue weighted by atomic mass is 10.1. The molecule has 0 saturated heterocycles. The van der Waals surface area contributed by atoms with E-state index in [-0.39, 0.29) is 36.3 Å². The summed E-state index contributed by atoms with van der Waals surface area (Å²) >= 11 is 0. The molecule has 1 fully saturated rings. The average Bonchev–Trinajstić information content (AvgIpc) is 3.96. The summed E-state index contributed by atoms with van der Waals surface area (Å²) < 4.78 is 37.2. The first-order valence-corrected chi connectivity index (χ1v) is 16.5. The molecule has 1 heterocycles. The van der Waals surface area contributed by atoms with Crippen LogP contribution in [0, 0.1) is 0 Å². The number of fused-ring (bicyclic) bond motifs is 1. The number of benzene rings is 3. The smallest absolute Gasteiger partial charge is 0.482 e. The maximum Gasteiger partial charge on any atom is 0.490 e. The minimum atomic E-state index is -5.08. The molecule has 0 radical (unpaired) electrons. The number of carbonyl (C=O) groups excluding carboxylic acids is 4.